The Morgan fingerprint density at radius 1 is 0.830 bits per heavy atom. The van der Waals surface area contributed by atoms with Gasteiger partial charge in [0.15, 0.2) is 11.5 Å². The van der Waals surface area contributed by atoms with Crippen LogP contribution in [0.25, 0.3) is 0 Å². The molecule has 242 valence electrons. The van der Waals surface area contributed by atoms with E-state index in [1.54, 1.807) is 39.0 Å². The topological polar surface area (TPSA) is 150 Å². The van der Waals surface area contributed by atoms with Gasteiger partial charge in [-0.3, -0.25) is 10.1 Å². The first-order chi connectivity index (χ1) is 22.5. The number of benzene rings is 4. The van der Waals surface area contributed by atoms with Crippen LogP contribution in [0.5, 0.6) is 11.5 Å². The Bertz CT molecular complexity index is 1740. The van der Waals surface area contributed by atoms with Crippen molar-refractivity contribution in [3.63, 3.8) is 0 Å². The third-order valence-electron chi connectivity index (χ3n) is 6.71. The highest BCUT2D eigenvalue weighted by molar-refractivity contribution is 5.97. The van der Waals surface area contributed by atoms with Crippen molar-refractivity contribution in [2.24, 2.45) is 5.73 Å². The highest BCUT2D eigenvalue weighted by Gasteiger charge is 2.20. The first kappa shape index (κ1) is 34.1. The Hall–Kier alpha value is -5.82. The standard InChI is InChI=1S/C37H37N3O7/c1-37(2,3)47-36(43)40-29-16-17-30(35(42)46-24-26-13-8-5-9-14-26)28(21-29)15-10-18-44-33-31(34(39)41)19-27(22-38)20-32(33)45-23-25-11-6-4-7-12-25/h4-9,11-14,16-17,19-21H,10,15,18,23-24H2,1-3H3,(H2,39,41)(H,40,43). The number of nitrogens with zero attached hydrogens (tertiary/aromatic N) is 1. The molecule has 0 atom stereocenters. The van der Waals surface area contributed by atoms with Crippen LogP contribution in [-0.2, 0) is 29.1 Å². The Morgan fingerprint density at radius 3 is 2.11 bits per heavy atom. The van der Waals surface area contributed by atoms with E-state index in [1.165, 1.54) is 12.1 Å². The van der Waals surface area contributed by atoms with Crippen LogP contribution < -0.4 is 20.5 Å². The van der Waals surface area contributed by atoms with E-state index in [-0.39, 0.29) is 42.4 Å². The lowest BCUT2D eigenvalue weighted by atomic mass is 10.0. The summed E-state index contributed by atoms with van der Waals surface area (Å²) in [6, 6.07) is 28.5. The zero-order chi connectivity index (χ0) is 33.8. The van der Waals surface area contributed by atoms with Crippen molar-refractivity contribution in [2.75, 3.05) is 11.9 Å². The average molecular weight is 636 g/mol. The summed E-state index contributed by atoms with van der Waals surface area (Å²) in [7, 11) is 0. The van der Waals surface area contributed by atoms with Gasteiger partial charge in [-0.25, -0.2) is 9.59 Å². The molecule has 47 heavy (non-hydrogen) atoms. The monoisotopic (exact) mass is 635 g/mol. The second kappa shape index (κ2) is 16.0. The number of nitrogens with two attached hydrogens (primary N) is 1. The van der Waals surface area contributed by atoms with Crippen LogP contribution in [0.3, 0.4) is 0 Å². The number of amides is 2. The number of carbonyl (C=O) groups excluding carboxylic acids is 3. The lowest BCUT2D eigenvalue weighted by molar-refractivity contribution is 0.0470. The first-order valence-electron chi connectivity index (χ1n) is 15.0. The Morgan fingerprint density at radius 2 is 1.49 bits per heavy atom. The van der Waals surface area contributed by atoms with E-state index in [9.17, 15) is 19.6 Å². The highest BCUT2D eigenvalue weighted by atomic mass is 16.6. The molecule has 0 heterocycles. The molecule has 0 aliphatic heterocycles. The second-order valence-corrected chi connectivity index (χ2v) is 11.6. The summed E-state index contributed by atoms with van der Waals surface area (Å²) in [4.78, 5) is 37.9. The summed E-state index contributed by atoms with van der Waals surface area (Å²) >= 11 is 0. The van der Waals surface area contributed by atoms with E-state index in [1.807, 2.05) is 66.7 Å². The molecule has 4 aromatic carbocycles. The van der Waals surface area contributed by atoms with Crippen LogP contribution in [0.4, 0.5) is 10.5 Å². The molecule has 4 aromatic rings. The van der Waals surface area contributed by atoms with Crippen LogP contribution in [-0.4, -0.2) is 30.2 Å². The fraction of sp³-hybridized carbons (Fsp3) is 0.243. The minimum Gasteiger partial charge on any atom is -0.489 e. The summed E-state index contributed by atoms with van der Waals surface area (Å²) in [5, 5.41) is 12.2. The second-order valence-electron chi connectivity index (χ2n) is 11.6. The van der Waals surface area contributed by atoms with Crippen LogP contribution in [0, 0.1) is 11.3 Å². The molecule has 0 bridgehead atoms. The third kappa shape index (κ3) is 10.4. The van der Waals surface area contributed by atoms with Crippen LogP contribution in [0.15, 0.2) is 91.0 Å². The number of esters is 1. The number of nitrogens with one attached hydrogen (secondary N) is 1. The number of anilines is 1. The molecular formula is C37H37N3O7. The fourth-order valence-corrected chi connectivity index (χ4v) is 4.58. The van der Waals surface area contributed by atoms with Gasteiger partial charge in [-0.2, -0.15) is 5.26 Å². The third-order valence-corrected chi connectivity index (χ3v) is 6.71. The van der Waals surface area contributed by atoms with Crippen LogP contribution >= 0.6 is 0 Å². The van der Waals surface area contributed by atoms with Crippen molar-refractivity contribution < 1.29 is 33.3 Å². The van der Waals surface area contributed by atoms with Gasteiger partial charge >= 0.3 is 12.1 Å². The number of ether oxygens (including phenoxy) is 4. The zero-order valence-corrected chi connectivity index (χ0v) is 26.6. The molecule has 3 N–H and O–H groups in total. The van der Waals surface area contributed by atoms with Crippen LogP contribution in [0.1, 0.15) is 70.2 Å². The van der Waals surface area contributed by atoms with Gasteiger partial charge in [-0.1, -0.05) is 60.7 Å². The van der Waals surface area contributed by atoms with Crippen LogP contribution in [0.2, 0.25) is 0 Å². The molecular weight excluding hydrogens is 598 g/mol. The molecule has 0 aliphatic carbocycles. The number of aryl methyl sites for hydroxylation is 1. The summed E-state index contributed by atoms with van der Waals surface area (Å²) in [6.07, 6.45) is 0.113. The summed E-state index contributed by atoms with van der Waals surface area (Å²) in [5.74, 6) is -0.968. The summed E-state index contributed by atoms with van der Waals surface area (Å²) < 4.78 is 23.0. The zero-order valence-electron chi connectivity index (χ0n) is 26.6. The molecule has 0 aliphatic rings. The molecule has 10 heteroatoms. The molecule has 2 amide bonds. The van der Waals surface area contributed by atoms with Crippen molar-refractivity contribution in [3.05, 3.63) is 124 Å². The predicted molar refractivity (Wildman–Crippen MR) is 176 cm³/mol. The van der Waals surface area contributed by atoms with E-state index in [0.717, 1.165) is 11.1 Å². The number of carbonyl (C=O) groups is 3. The number of primary amides is 1. The quantitative estimate of drug-likeness (QED) is 0.118. The van der Waals surface area contributed by atoms with Gasteiger partial charge in [0.05, 0.1) is 29.4 Å². The lowest BCUT2D eigenvalue weighted by Crippen LogP contribution is -2.27. The first-order valence-corrected chi connectivity index (χ1v) is 15.0. The molecule has 0 saturated carbocycles. The van der Waals surface area contributed by atoms with Gasteiger partial charge in [0.25, 0.3) is 5.91 Å². The number of hydrogen-bond acceptors (Lipinski definition) is 8. The SMILES string of the molecule is CC(C)(C)OC(=O)Nc1ccc(C(=O)OCc2ccccc2)c(CCCOc2c(OCc3ccccc3)cc(C#N)cc2C(N)=O)c1. The minimum absolute atomic E-state index is 0.0147. The fourth-order valence-electron chi connectivity index (χ4n) is 4.58. The Balaban J connectivity index is 1.52. The van der Waals surface area contributed by atoms with E-state index < -0.39 is 23.6 Å². The van der Waals surface area contributed by atoms with Crippen molar-refractivity contribution in [2.45, 2.75) is 52.4 Å². The van der Waals surface area contributed by atoms with Gasteiger partial charge < -0.3 is 24.7 Å². The van der Waals surface area contributed by atoms with E-state index >= 15 is 0 Å². The van der Waals surface area contributed by atoms with Gasteiger partial charge in [0, 0.05) is 11.8 Å². The van der Waals surface area contributed by atoms with E-state index in [4.69, 9.17) is 24.7 Å². The van der Waals surface area contributed by atoms with Gasteiger partial charge in [0.2, 0.25) is 0 Å². The number of nitriles is 1. The van der Waals surface area contributed by atoms with E-state index in [0.29, 0.717) is 29.7 Å². The maximum atomic E-state index is 13.2. The molecule has 0 aromatic heterocycles. The number of hydrogen-bond donors (Lipinski definition) is 2. The molecule has 4 rings (SSSR count). The maximum Gasteiger partial charge on any atom is 0.412 e. The highest BCUT2D eigenvalue weighted by Crippen LogP contribution is 2.34. The molecule has 0 radical (unpaired) electrons. The molecule has 0 spiro atoms. The summed E-state index contributed by atoms with van der Waals surface area (Å²) in [5.41, 5.74) is 8.27. The van der Waals surface area contributed by atoms with Crippen molar-refractivity contribution in [3.8, 4) is 17.6 Å². The minimum atomic E-state index is -0.772. The lowest BCUT2D eigenvalue weighted by Gasteiger charge is -2.20. The average Bonchev–Trinajstić information content (AvgIpc) is 3.04. The normalized spacial score (nSPS) is 10.8. The van der Waals surface area contributed by atoms with Gasteiger partial charge in [0.1, 0.15) is 18.8 Å². The van der Waals surface area contributed by atoms with Crippen molar-refractivity contribution in [1.29, 1.82) is 5.26 Å². The molecule has 0 saturated heterocycles. The largest absolute Gasteiger partial charge is 0.489 e. The number of rotatable bonds is 13. The maximum absolute atomic E-state index is 13.2. The van der Waals surface area contributed by atoms with Gasteiger partial charge in [-0.15, -0.1) is 0 Å². The molecule has 0 fully saturated rings. The Labute approximate surface area is 274 Å². The Kier molecular flexibility index (Phi) is 11.6. The summed E-state index contributed by atoms with van der Waals surface area (Å²) in [6.45, 7) is 5.67. The van der Waals surface area contributed by atoms with Gasteiger partial charge in [-0.05, 0) is 74.6 Å². The smallest absolute Gasteiger partial charge is 0.412 e. The van der Waals surface area contributed by atoms with Crippen molar-refractivity contribution in [1.82, 2.24) is 0 Å². The molecule has 0 unspecified atom stereocenters. The van der Waals surface area contributed by atoms with E-state index in [2.05, 4.69) is 5.32 Å². The predicted octanol–water partition coefficient (Wildman–Crippen LogP) is 6.95. The van der Waals surface area contributed by atoms with Crippen molar-refractivity contribution >= 4 is 23.7 Å². The molecule has 10 nitrogen and oxygen atoms in total.